The van der Waals surface area contributed by atoms with E-state index in [2.05, 4.69) is 15.5 Å². The first-order valence-corrected chi connectivity index (χ1v) is 8.30. The summed E-state index contributed by atoms with van der Waals surface area (Å²) >= 11 is 0. The van der Waals surface area contributed by atoms with Crippen molar-refractivity contribution in [2.45, 2.75) is 12.1 Å². The minimum Gasteiger partial charge on any atom is -0.356 e. The van der Waals surface area contributed by atoms with Gasteiger partial charge in [0.15, 0.2) is 6.10 Å². The number of hydrogen-bond acceptors (Lipinski definition) is 4. The van der Waals surface area contributed by atoms with E-state index < -0.39 is 12.1 Å². The van der Waals surface area contributed by atoms with Crippen LogP contribution in [-0.4, -0.2) is 46.7 Å². The lowest BCUT2D eigenvalue weighted by molar-refractivity contribution is -0.160. The normalized spacial score (nSPS) is 20.3. The van der Waals surface area contributed by atoms with Crippen molar-refractivity contribution in [2.75, 3.05) is 19.0 Å². The highest BCUT2D eigenvalue weighted by atomic mass is 16.5. The van der Waals surface area contributed by atoms with Crippen LogP contribution < -0.4 is 5.32 Å². The van der Waals surface area contributed by atoms with Gasteiger partial charge < -0.3 is 15.0 Å². The molecule has 1 fully saturated rings. The number of ether oxygens (including phenoxy) is 1. The van der Waals surface area contributed by atoms with E-state index in [0.717, 1.165) is 16.5 Å². The number of anilines is 1. The Hall–Kier alpha value is -3.19. The monoisotopic (exact) mass is 350 g/mol. The summed E-state index contributed by atoms with van der Waals surface area (Å²) in [4.78, 5) is 26.5. The molecule has 0 aliphatic carbocycles. The molecule has 7 heteroatoms. The van der Waals surface area contributed by atoms with E-state index >= 15 is 0 Å². The molecule has 2 amide bonds. The molecule has 2 unspecified atom stereocenters. The lowest BCUT2D eigenvalue weighted by Crippen LogP contribution is -2.51. The van der Waals surface area contributed by atoms with Crippen molar-refractivity contribution in [1.82, 2.24) is 15.1 Å². The van der Waals surface area contributed by atoms with Crippen molar-refractivity contribution in [3.8, 4) is 0 Å². The maximum atomic E-state index is 12.9. The van der Waals surface area contributed by atoms with Crippen molar-refractivity contribution in [3.63, 3.8) is 0 Å². The number of fused-ring (bicyclic) bond motifs is 1. The van der Waals surface area contributed by atoms with Crippen LogP contribution in [-0.2, 0) is 14.3 Å². The van der Waals surface area contributed by atoms with Crippen LogP contribution in [0.15, 0.2) is 54.7 Å². The molecule has 132 valence electrons. The number of H-pyrrole nitrogens is 1. The molecule has 1 aliphatic heterocycles. The molecule has 2 aromatic carbocycles. The van der Waals surface area contributed by atoms with Crippen LogP contribution in [0.5, 0.6) is 0 Å². The number of benzene rings is 2. The number of likely N-dealkylation sites (N-methyl/N-ethyl adjacent to an activating group) is 1. The molecule has 3 aromatic rings. The Morgan fingerprint density at radius 3 is 2.88 bits per heavy atom. The molecule has 26 heavy (non-hydrogen) atoms. The average Bonchev–Trinajstić information content (AvgIpc) is 3.12. The van der Waals surface area contributed by atoms with Gasteiger partial charge in [-0.25, -0.2) is 0 Å². The zero-order chi connectivity index (χ0) is 18.1. The number of aromatic nitrogens is 2. The van der Waals surface area contributed by atoms with Gasteiger partial charge in [0.25, 0.3) is 5.91 Å². The topological polar surface area (TPSA) is 87.3 Å². The van der Waals surface area contributed by atoms with Gasteiger partial charge in [-0.15, -0.1) is 0 Å². The summed E-state index contributed by atoms with van der Waals surface area (Å²) < 4.78 is 5.61. The third-order valence-electron chi connectivity index (χ3n) is 4.59. The number of nitrogens with zero attached hydrogens (tertiary/aromatic N) is 2. The van der Waals surface area contributed by atoms with Crippen LogP contribution in [0.4, 0.5) is 5.69 Å². The van der Waals surface area contributed by atoms with Crippen LogP contribution in [0, 0.1) is 0 Å². The fourth-order valence-electron chi connectivity index (χ4n) is 3.21. The van der Waals surface area contributed by atoms with E-state index in [0.29, 0.717) is 5.69 Å². The molecule has 2 N–H and O–H groups in total. The van der Waals surface area contributed by atoms with Crippen molar-refractivity contribution in [2.24, 2.45) is 0 Å². The molecule has 0 radical (unpaired) electrons. The van der Waals surface area contributed by atoms with Gasteiger partial charge >= 0.3 is 0 Å². The van der Waals surface area contributed by atoms with Gasteiger partial charge in [0.1, 0.15) is 6.61 Å². The zero-order valence-corrected chi connectivity index (χ0v) is 14.2. The summed E-state index contributed by atoms with van der Waals surface area (Å²) in [6.45, 7) is -0.112. The van der Waals surface area contributed by atoms with Crippen LogP contribution in [0.2, 0.25) is 0 Å². The van der Waals surface area contributed by atoms with Crippen LogP contribution >= 0.6 is 0 Å². The first-order chi connectivity index (χ1) is 12.6. The first-order valence-electron chi connectivity index (χ1n) is 8.30. The van der Waals surface area contributed by atoms with Gasteiger partial charge in [0.2, 0.25) is 5.91 Å². The maximum Gasteiger partial charge on any atom is 0.256 e. The molecule has 1 aliphatic rings. The fourth-order valence-corrected chi connectivity index (χ4v) is 3.21. The summed E-state index contributed by atoms with van der Waals surface area (Å²) in [5, 5.41) is 10.6. The molecule has 1 aromatic heterocycles. The largest absolute Gasteiger partial charge is 0.356 e. The van der Waals surface area contributed by atoms with Crippen molar-refractivity contribution >= 4 is 28.4 Å². The highest BCUT2D eigenvalue weighted by Gasteiger charge is 2.40. The van der Waals surface area contributed by atoms with Gasteiger partial charge in [0.05, 0.1) is 17.8 Å². The van der Waals surface area contributed by atoms with Gasteiger partial charge in [-0.2, -0.15) is 5.10 Å². The summed E-state index contributed by atoms with van der Waals surface area (Å²) in [5.74, 6) is -0.441. The Bertz CT molecular complexity index is 954. The molecule has 0 spiro atoms. The third-order valence-corrected chi connectivity index (χ3v) is 4.59. The van der Waals surface area contributed by atoms with Gasteiger partial charge in [-0.3, -0.25) is 14.7 Å². The van der Waals surface area contributed by atoms with Gasteiger partial charge in [0, 0.05) is 18.1 Å². The summed E-state index contributed by atoms with van der Waals surface area (Å²) in [6, 6.07) is 14.4. The predicted octanol–water partition coefficient (Wildman–Crippen LogP) is 2.10. The molecule has 0 bridgehead atoms. The predicted molar refractivity (Wildman–Crippen MR) is 96.4 cm³/mol. The number of aromatic amines is 1. The molecule has 2 atom stereocenters. The second-order valence-electron chi connectivity index (χ2n) is 6.25. The Balaban J connectivity index is 1.60. The smallest absolute Gasteiger partial charge is 0.256 e. The highest BCUT2D eigenvalue weighted by Crippen LogP contribution is 2.30. The third kappa shape index (κ3) is 2.93. The minimum atomic E-state index is -0.792. The van der Waals surface area contributed by atoms with Gasteiger partial charge in [-0.05, 0) is 23.8 Å². The van der Waals surface area contributed by atoms with Crippen molar-refractivity contribution in [1.29, 1.82) is 0 Å². The molecule has 1 saturated heterocycles. The number of morpholine rings is 1. The number of nitrogens with one attached hydrogen (secondary N) is 2. The standard InChI is InChI=1S/C19H18N4O3/c1-23-16(24)11-26-18(17(23)12-5-3-2-4-6-12)19(25)21-14-7-8-15-13(9-14)10-20-22-15/h2-10,17-18H,11H2,1H3,(H,20,22)(H,21,25). The van der Waals surface area contributed by atoms with E-state index in [9.17, 15) is 9.59 Å². The van der Waals surface area contributed by atoms with Gasteiger partial charge in [-0.1, -0.05) is 30.3 Å². The highest BCUT2D eigenvalue weighted by molar-refractivity contribution is 5.97. The fraction of sp³-hybridized carbons (Fsp3) is 0.211. The van der Waals surface area contributed by atoms with E-state index in [4.69, 9.17) is 4.74 Å². The maximum absolute atomic E-state index is 12.9. The lowest BCUT2D eigenvalue weighted by atomic mass is 9.97. The number of carbonyl (C=O) groups is 2. The molecular weight excluding hydrogens is 332 g/mol. The van der Waals surface area contributed by atoms with Crippen LogP contribution in [0.3, 0.4) is 0 Å². The lowest BCUT2D eigenvalue weighted by Gasteiger charge is -2.38. The zero-order valence-electron chi connectivity index (χ0n) is 14.2. The molecule has 4 rings (SSSR count). The molecular formula is C19H18N4O3. The van der Waals surface area contributed by atoms with E-state index in [1.165, 1.54) is 0 Å². The quantitative estimate of drug-likeness (QED) is 0.757. The number of hydrogen-bond donors (Lipinski definition) is 2. The second kappa shape index (κ2) is 6.61. The molecule has 2 heterocycles. The summed E-state index contributed by atoms with van der Waals surface area (Å²) in [7, 11) is 1.69. The van der Waals surface area contributed by atoms with Crippen molar-refractivity contribution < 1.29 is 14.3 Å². The van der Waals surface area contributed by atoms with Crippen molar-refractivity contribution in [3.05, 3.63) is 60.3 Å². The Morgan fingerprint density at radius 1 is 1.27 bits per heavy atom. The SMILES string of the molecule is CN1C(=O)COC(C(=O)Nc2ccc3[nH]ncc3c2)C1c1ccccc1. The molecule has 7 nitrogen and oxygen atoms in total. The number of rotatable bonds is 3. The van der Waals surface area contributed by atoms with E-state index in [1.54, 1.807) is 24.2 Å². The summed E-state index contributed by atoms with van der Waals surface area (Å²) in [6.07, 6.45) is 0.904. The average molecular weight is 350 g/mol. The second-order valence-corrected chi connectivity index (χ2v) is 6.25. The van der Waals surface area contributed by atoms with Crippen LogP contribution in [0.25, 0.3) is 10.9 Å². The number of amides is 2. The first kappa shape index (κ1) is 16.3. The van der Waals surface area contributed by atoms with E-state index in [1.807, 2.05) is 42.5 Å². The van der Waals surface area contributed by atoms with Crippen LogP contribution in [0.1, 0.15) is 11.6 Å². The Morgan fingerprint density at radius 2 is 2.08 bits per heavy atom. The Kier molecular flexibility index (Phi) is 4.14. The van der Waals surface area contributed by atoms with E-state index in [-0.39, 0.29) is 18.4 Å². The summed E-state index contributed by atoms with van der Waals surface area (Å²) in [5.41, 5.74) is 2.40. The minimum absolute atomic E-state index is 0.112. The molecule has 0 saturated carbocycles. The number of carbonyl (C=O) groups excluding carboxylic acids is 2. The Labute approximate surface area is 149 Å².